The standard InChI is InChI=1S/C26H34N2O5/c1-25(2)16-14-19-20(8-11-28-22(30)17-6-4-5-7-18(17)23(28)31)33-13-10-26(19,15-16)24(25)27-21(29)9-12-32-3/h4-7,16,19-20,24H,8-15H2,1-3H3,(H,27,29)/t16-,19-,20-,24-,26?/m1/s1. The predicted octanol–water partition coefficient (Wildman–Crippen LogP) is 3.04. The summed E-state index contributed by atoms with van der Waals surface area (Å²) >= 11 is 0. The molecule has 1 aromatic carbocycles. The van der Waals surface area contributed by atoms with E-state index in [1.54, 1.807) is 31.4 Å². The van der Waals surface area contributed by atoms with E-state index in [9.17, 15) is 14.4 Å². The first kappa shape index (κ1) is 22.5. The fourth-order valence-electron chi connectivity index (χ4n) is 7.32. The molecule has 0 aromatic heterocycles. The van der Waals surface area contributed by atoms with Crippen molar-refractivity contribution in [3.8, 4) is 0 Å². The summed E-state index contributed by atoms with van der Waals surface area (Å²) in [6, 6.07) is 7.12. The van der Waals surface area contributed by atoms with E-state index in [1.165, 1.54) is 4.90 Å². The van der Waals surface area contributed by atoms with E-state index in [1.807, 2.05) is 0 Å². The minimum atomic E-state index is -0.210. The van der Waals surface area contributed by atoms with Crippen LogP contribution in [-0.2, 0) is 14.3 Å². The summed E-state index contributed by atoms with van der Waals surface area (Å²) in [6.45, 7) is 6.00. The third kappa shape index (κ3) is 3.43. The average molecular weight is 455 g/mol. The number of hydrogen-bond acceptors (Lipinski definition) is 5. The number of hydrogen-bond donors (Lipinski definition) is 1. The number of methoxy groups -OCH3 is 1. The van der Waals surface area contributed by atoms with Crippen LogP contribution in [0.1, 0.15) is 66.7 Å². The van der Waals surface area contributed by atoms with E-state index in [2.05, 4.69) is 19.2 Å². The maximum atomic E-state index is 12.8. The summed E-state index contributed by atoms with van der Waals surface area (Å²) in [7, 11) is 1.61. The number of nitrogens with one attached hydrogen (secondary N) is 1. The van der Waals surface area contributed by atoms with E-state index >= 15 is 0 Å². The van der Waals surface area contributed by atoms with Crippen molar-refractivity contribution < 1.29 is 23.9 Å². The fraction of sp³-hybridized carbons (Fsp3) is 0.654. The van der Waals surface area contributed by atoms with Crippen molar-refractivity contribution in [2.24, 2.45) is 22.7 Å². The predicted molar refractivity (Wildman–Crippen MR) is 122 cm³/mol. The Kier molecular flexibility index (Phi) is 5.60. The van der Waals surface area contributed by atoms with Gasteiger partial charge in [-0.15, -0.1) is 0 Å². The van der Waals surface area contributed by atoms with Crippen LogP contribution >= 0.6 is 0 Å². The maximum Gasteiger partial charge on any atom is 0.261 e. The Morgan fingerprint density at radius 3 is 2.58 bits per heavy atom. The van der Waals surface area contributed by atoms with Gasteiger partial charge < -0.3 is 14.8 Å². The summed E-state index contributed by atoms with van der Waals surface area (Å²) < 4.78 is 11.3. The molecule has 2 aliphatic heterocycles. The lowest BCUT2D eigenvalue weighted by Crippen LogP contribution is -2.60. The number of ether oxygens (including phenoxy) is 2. The van der Waals surface area contributed by atoms with Crippen LogP contribution in [0.5, 0.6) is 0 Å². The molecule has 1 unspecified atom stereocenters. The molecule has 33 heavy (non-hydrogen) atoms. The van der Waals surface area contributed by atoms with Crippen LogP contribution in [0.2, 0.25) is 0 Å². The van der Waals surface area contributed by atoms with E-state index < -0.39 is 0 Å². The molecule has 7 heteroatoms. The number of carbonyl (C=O) groups is 3. The lowest BCUT2D eigenvalue weighted by molar-refractivity contribution is -0.137. The van der Waals surface area contributed by atoms with Crippen LogP contribution in [0.15, 0.2) is 24.3 Å². The zero-order valence-corrected chi connectivity index (χ0v) is 19.8. The highest BCUT2D eigenvalue weighted by molar-refractivity contribution is 6.21. The van der Waals surface area contributed by atoms with Gasteiger partial charge in [-0.1, -0.05) is 26.0 Å². The summed E-state index contributed by atoms with van der Waals surface area (Å²) in [5.74, 6) is 0.479. The lowest BCUT2D eigenvalue weighted by Gasteiger charge is -2.53. The first-order valence-electron chi connectivity index (χ1n) is 12.1. The average Bonchev–Trinajstić information content (AvgIpc) is 3.38. The van der Waals surface area contributed by atoms with Gasteiger partial charge in [-0.3, -0.25) is 19.3 Å². The summed E-state index contributed by atoms with van der Waals surface area (Å²) in [5.41, 5.74) is 1.03. The van der Waals surface area contributed by atoms with Crippen LogP contribution < -0.4 is 5.32 Å². The molecule has 1 spiro atoms. The second-order valence-corrected chi connectivity index (χ2v) is 10.8. The maximum absolute atomic E-state index is 12.8. The second-order valence-electron chi connectivity index (χ2n) is 10.8. The monoisotopic (exact) mass is 454 g/mol. The van der Waals surface area contributed by atoms with E-state index in [0.717, 1.165) is 19.3 Å². The van der Waals surface area contributed by atoms with Gasteiger partial charge >= 0.3 is 0 Å². The summed E-state index contributed by atoms with van der Waals surface area (Å²) in [5, 5.41) is 3.38. The van der Waals surface area contributed by atoms with Gasteiger partial charge in [0, 0.05) is 32.7 Å². The largest absolute Gasteiger partial charge is 0.384 e. The first-order chi connectivity index (χ1) is 15.8. The fourth-order valence-corrected chi connectivity index (χ4v) is 7.32. The Labute approximate surface area is 195 Å². The van der Waals surface area contributed by atoms with E-state index in [4.69, 9.17) is 9.47 Å². The van der Waals surface area contributed by atoms with Gasteiger partial charge in [0.1, 0.15) is 0 Å². The Morgan fingerprint density at radius 1 is 1.21 bits per heavy atom. The lowest BCUT2D eigenvalue weighted by atomic mass is 9.59. The third-order valence-electron chi connectivity index (χ3n) is 8.98. The van der Waals surface area contributed by atoms with Gasteiger partial charge in [-0.25, -0.2) is 0 Å². The van der Waals surface area contributed by atoms with Crippen LogP contribution in [0, 0.1) is 22.7 Å². The molecule has 1 saturated heterocycles. The molecule has 2 saturated carbocycles. The number of imide groups is 1. The highest BCUT2D eigenvalue weighted by Gasteiger charge is 2.68. The molecule has 1 aromatic rings. The van der Waals surface area contributed by atoms with Crippen LogP contribution in [0.25, 0.3) is 0 Å². The zero-order valence-electron chi connectivity index (χ0n) is 19.8. The highest BCUT2D eigenvalue weighted by Crippen LogP contribution is 2.68. The quantitative estimate of drug-likeness (QED) is 0.640. The number of carbonyl (C=O) groups excluding carboxylic acids is 3. The molecule has 5 atom stereocenters. The molecule has 1 N–H and O–H groups in total. The Hall–Kier alpha value is -2.25. The topological polar surface area (TPSA) is 84.9 Å². The Bertz CT molecular complexity index is 940. The molecule has 7 nitrogen and oxygen atoms in total. The minimum Gasteiger partial charge on any atom is -0.384 e. The molecule has 2 aliphatic carbocycles. The molecule has 0 radical (unpaired) electrons. The third-order valence-corrected chi connectivity index (χ3v) is 8.98. The Morgan fingerprint density at radius 2 is 1.91 bits per heavy atom. The highest BCUT2D eigenvalue weighted by atomic mass is 16.5. The number of benzene rings is 1. The molecule has 178 valence electrons. The zero-order chi connectivity index (χ0) is 23.4. The number of amides is 3. The van der Waals surface area contributed by atoms with E-state index in [-0.39, 0.29) is 40.7 Å². The number of rotatable bonds is 7. The van der Waals surface area contributed by atoms with Crippen molar-refractivity contribution in [2.45, 2.75) is 58.1 Å². The van der Waals surface area contributed by atoms with Gasteiger partial charge in [-0.2, -0.15) is 0 Å². The van der Waals surface area contributed by atoms with Crippen molar-refractivity contribution >= 4 is 17.7 Å². The van der Waals surface area contributed by atoms with Gasteiger partial charge in [0.05, 0.1) is 23.8 Å². The van der Waals surface area contributed by atoms with E-state index in [0.29, 0.717) is 55.6 Å². The van der Waals surface area contributed by atoms with Crippen LogP contribution in [0.3, 0.4) is 0 Å². The van der Waals surface area contributed by atoms with Crippen molar-refractivity contribution in [1.82, 2.24) is 10.2 Å². The van der Waals surface area contributed by atoms with Gasteiger partial charge in [0.2, 0.25) is 5.91 Å². The first-order valence-corrected chi connectivity index (χ1v) is 12.1. The molecule has 3 fully saturated rings. The summed E-state index contributed by atoms with van der Waals surface area (Å²) in [4.78, 5) is 39.6. The van der Waals surface area contributed by atoms with Crippen LogP contribution in [-0.4, -0.2) is 61.6 Å². The molecular formula is C26H34N2O5. The smallest absolute Gasteiger partial charge is 0.261 e. The minimum absolute atomic E-state index is 0.0115. The molecule has 2 bridgehead atoms. The van der Waals surface area contributed by atoms with Crippen LogP contribution in [0.4, 0.5) is 0 Å². The van der Waals surface area contributed by atoms with Crippen molar-refractivity contribution in [1.29, 1.82) is 0 Å². The van der Waals surface area contributed by atoms with Gasteiger partial charge in [0.25, 0.3) is 11.8 Å². The second kappa shape index (κ2) is 8.20. The van der Waals surface area contributed by atoms with Crippen molar-refractivity contribution in [3.05, 3.63) is 35.4 Å². The number of fused-ring (bicyclic) bond motifs is 2. The molecule has 5 rings (SSSR count). The molecule has 3 amide bonds. The molecule has 2 heterocycles. The Balaban J connectivity index is 1.31. The number of nitrogens with zero attached hydrogens (tertiary/aromatic N) is 1. The summed E-state index contributed by atoms with van der Waals surface area (Å²) in [6.07, 6.45) is 4.11. The molecule has 4 aliphatic rings. The van der Waals surface area contributed by atoms with Gasteiger partial charge in [0.15, 0.2) is 0 Å². The van der Waals surface area contributed by atoms with Gasteiger partial charge in [-0.05, 0) is 60.5 Å². The van der Waals surface area contributed by atoms with Crippen molar-refractivity contribution in [3.63, 3.8) is 0 Å². The normalized spacial score (nSPS) is 33.8. The molecular weight excluding hydrogens is 420 g/mol. The SMILES string of the molecule is COCCC(=O)N[C@@H]1C(C)(C)[C@@H]2C[C@@H]3[C@@H](CCN4C(=O)c5ccccc5C4=O)OCCC31C2. The van der Waals surface area contributed by atoms with Crippen molar-refractivity contribution in [2.75, 3.05) is 26.9 Å².